The Bertz CT molecular complexity index is 955. The Labute approximate surface area is 192 Å². The predicted molar refractivity (Wildman–Crippen MR) is 126 cm³/mol. The zero-order valence-electron chi connectivity index (χ0n) is 18.5. The van der Waals surface area contributed by atoms with Crippen molar-refractivity contribution in [2.75, 3.05) is 32.5 Å². The van der Waals surface area contributed by atoms with Gasteiger partial charge in [0.2, 0.25) is 0 Å². The molecule has 0 radical (unpaired) electrons. The molecule has 0 amide bonds. The minimum atomic E-state index is -0.742. The molecule has 2 heterocycles. The van der Waals surface area contributed by atoms with Gasteiger partial charge in [0.05, 0.1) is 24.7 Å². The summed E-state index contributed by atoms with van der Waals surface area (Å²) in [6.45, 7) is 2.45. The Morgan fingerprint density at radius 1 is 1.41 bits per heavy atom. The number of nitrogens with zero attached hydrogens (tertiary/aromatic N) is 2. The lowest BCUT2D eigenvalue weighted by atomic mass is 9.81. The maximum Gasteiger partial charge on any atom is 0.308 e. The maximum atomic E-state index is 14.7. The minimum absolute atomic E-state index is 0.0524. The van der Waals surface area contributed by atoms with E-state index in [1.807, 2.05) is 11.8 Å². The van der Waals surface area contributed by atoms with Crippen molar-refractivity contribution in [3.8, 4) is 5.75 Å². The normalized spacial score (nSPS) is 22.7. The third kappa shape index (κ3) is 5.53. The van der Waals surface area contributed by atoms with Gasteiger partial charge in [0.25, 0.3) is 0 Å². The molecule has 32 heavy (non-hydrogen) atoms. The molecule has 2 fully saturated rings. The van der Waals surface area contributed by atoms with Crippen LogP contribution in [0.2, 0.25) is 0 Å². The number of hydrogen-bond donors (Lipinski definition) is 2. The highest BCUT2D eigenvalue weighted by atomic mass is 32.2. The van der Waals surface area contributed by atoms with Crippen LogP contribution in [-0.2, 0) is 4.79 Å². The molecule has 1 aliphatic heterocycles. The second-order valence-electron chi connectivity index (χ2n) is 8.95. The monoisotopic (exact) mass is 461 g/mol. The Kier molecular flexibility index (Phi) is 7.53. The van der Waals surface area contributed by atoms with Gasteiger partial charge in [0.15, 0.2) is 0 Å². The molecule has 3 N–H and O–H groups in total. The van der Waals surface area contributed by atoms with Crippen molar-refractivity contribution < 1.29 is 19.0 Å². The molecule has 1 aromatic carbocycles. The van der Waals surface area contributed by atoms with Crippen LogP contribution in [0, 0.1) is 17.7 Å². The number of nitrogens with two attached hydrogens (primary N) is 1. The van der Waals surface area contributed by atoms with Crippen LogP contribution in [0.25, 0.3) is 10.9 Å². The van der Waals surface area contributed by atoms with Crippen LogP contribution in [0.5, 0.6) is 5.75 Å². The van der Waals surface area contributed by atoms with Gasteiger partial charge in [-0.25, -0.2) is 4.39 Å². The van der Waals surface area contributed by atoms with Crippen molar-refractivity contribution >= 4 is 28.6 Å². The number of carbonyl (C=O) groups is 1. The van der Waals surface area contributed by atoms with Gasteiger partial charge in [0.1, 0.15) is 11.6 Å². The molecule has 1 aromatic heterocycles. The maximum absolute atomic E-state index is 14.7. The first kappa shape index (κ1) is 23.3. The minimum Gasteiger partial charge on any atom is -0.497 e. The van der Waals surface area contributed by atoms with Crippen molar-refractivity contribution in [1.82, 2.24) is 9.88 Å². The summed E-state index contributed by atoms with van der Waals surface area (Å²) in [5, 5.41) is 11.3. The van der Waals surface area contributed by atoms with Crippen LogP contribution in [-0.4, -0.2) is 58.7 Å². The third-order valence-electron chi connectivity index (χ3n) is 6.73. The van der Waals surface area contributed by atoms with E-state index in [0.29, 0.717) is 41.6 Å². The summed E-state index contributed by atoms with van der Waals surface area (Å²) in [5.41, 5.74) is 7.54. The number of thioether (sulfide) groups is 1. The van der Waals surface area contributed by atoms with Crippen molar-refractivity contribution in [3.63, 3.8) is 0 Å². The molecule has 2 aliphatic rings. The van der Waals surface area contributed by atoms with Crippen LogP contribution in [0.15, 0.2) is 24.4 Å². The number of benzene rings is 1. The van der Waals surface area contributed by atoms with Gasteiger partial charge in [-0.2, -0.15) is 11.8 Å². The number of halogens is 1. The first-order valence-corrected chi connectivity index (χ1v) is 12.5. The Morgan fingerprint density at radius 3 is 2.94 bits per heavy atom. The number of methoxy groups -OCH3 is 1. The number of carboxylic acid groups (broad SMARTS) is 1. The molecule has 2 unspecified atom stereocenters. The summed E-state index contributed by atoms with van der Waals surface area (Å²) < 4.78 is 20.0. The third-order valence-corrected chi connectivity index (χ3v) is 8.09. The Balaban J connectivity index is 1.40. The SMILES string of the molecule is COc1ccc2ncc(F)c([C@H](N)CCC3CCN(CCSC4CC4)CC3C(=O)O)c2c1. The summed E-state index contributed by atoms with van der Waals surface area (Å²) in [4.78, 5) is 18.4. The Morgan fingerprint density at radius 2 is 2.22 bits per heavy atom. The van der Waals surface area contributed by atoms with E-state index in [9.17, 15) is 14.3 Å². The molecule has 8 heteroatoms. The zero-order chi connectivity index (χ0) is 22.7. The molecule has 6 nitrogen and oxygen atoms in total. The van der Waals surface area contributed by atoms with E-state index in [0.717, 1.165) is 30.5 Å². The summed E-state index contributed by atoms with van der Waals surface area (Å²) in [7, 11) is 1.57. The lowest BCUT2D eigenvalue weighted by molar-refractivity contribution is -0.146. The second kappa shape index (κ2) is 10.4. The van der Waals surface area contributed by atoms with Crippen LogP contribution < -0.4 is 10.5 Å². The summed E-state index contributed by atoms with van der Waals surface area (Å²) in [6.07, 6.45) is 5.89. The summed E-state index contributed by atoms with van der Waals surface area (Å²) in [6, 6.07) is 4.81. The van der Waals surface area contributed by atoms with Gasteiger partial charge < -0.3 is 20.5 Å². The number of piperidine rings is 1. The quantitative estimate of drug-likeness (QED) is 0.551. The number of hydrogen-bond acceptors (Lipinski definition) is 6. The number of pyridine rings is 1. The first-order chi connectivity index (χ1) is 15.5. The molecular formula is C24H32FN3O3S. The van der Waals surface area contributed by atoms with E-state index in [-0.39, 0.29) is 5.92 Å². The Hall–Kier alpha value is -1.90. The van der Waals surface area contributed by atoms with Crippen molar-refractivity contribution in [1.29, 1.82) is 0 Å². The molecule has 2 aromatic rings. The van der Waals surface area contributed by atoms with Gasteiger partial charge in [-0.05, 0) is 62.8 Å². The van der Waals surface area contributed by atoms with Gasteiger partial charge >= 0.3 is 5.97 Å². The zero-order valence-corrected chi connectivity index (χ0v) is 19.3. The van der Waals surface area contributed by atoms with Gasteiger partial charge in [0, 0.05) is 41.1 Å². The number of likely N-dealkylation sites (tertiary alicyclic amines) is 1. The van der Waals surface area contributed by atoms with Crippen molar-refractivity contribution in [3.05, 3.63) is 35.8 Å². The van der Waals surface area contributed by atoms with E-state index in [2.05, 4.69) is 9.88 Å². The largest absolute Gasteiger partial charge is 0.497 e. The van der Waals surface area contributed by atoms with Crippen LogP contribution in [0.3, 0.4) is 0 Å². The topological polar surface area (TPSA) is 88.7 Å². The number of ether oxygens (including phenoxy) is 1. The average molecular weight is 462 g/mol. The van der Waals surface area contributed by atoms with Crippen LogP contribution in [0.1, 0.15) is 43.7 Å². The lowest BCUT2D eigenvalue weighted by Gasteiger charge is -2.37. The van der Waals surface area contributed by atoms with E-state index < -0.39 is 23.7 Å². The van der Waals surface area contributed by atoms with Crippen LogP contribution >= 0.6 is 11.8 Å². The molecule has 4 rings (SSSR count). The van der Waals surface area contributed by atoms with Crippen LogP contribution in [0.4, 0.5) is 4.39 Å². The van der Waals surface area contributed by atoms with Crippen molar-refractivity contribution in [2.24, 2.45) is 17.6 Å². The number of aliphatic carboxylic acids is 1. The molecule has 1 saturated carbocycles. The van der Waals surface area contributed by atoms with E-state index in [1.54, 1.807) is 25.3 Å². The predicted octanol–water partition coefficient (Wildman–Crippen LogP) is 4.08. The number of carboxylic acids is 1. The summed E-state index contributed by atoms with van der Waals surface area (Å²) >= 11 is 2.01. The van der Waals surface area contributed by atoms with Crippen molar-refractivity contribution in [2.45, 2.75) is 43.4 Å². The molecule has 3 atom stereocenters. The molecule has 174 valence electrons. The number of aromatic nitrogens is 1. The van der Waals surface area contributed by atoms with E-state index >= 15 is 0 Å². The molecule has 1 saturated heterocycles. The van der Waals surface area contributed by atoms with E-state index in [1.165, 1.54) is 19.0 Å². The van der Waals surface area contributed by atoms with E-state index in [4.69, 9.17) is 10.5 Å². The fraction of sp³-hybridized carbons (Fsp3) is 0.583. The van der Waals surface area contributed by atoms with Gasteiger partial charge in [-0.15, -0.1) is 0 Å². The van der Waals surface area contributed by atoms with Gasteiger partial charge in [-0.1, -0.05) is 0 Å². The highest BCUT2D eigenvalue weighted by Gasteiger charge is 2.34. The fourth-order valence-electron chi connectivity index (χ4n) is 4.69. The fourth-order valence-corrected chi connectivity index (χ4v) is 5.86. The molecule has 1 aliphatic carbocycles. The smallest absolute Gasteiger partial charge is 0.308 e. The standard InChI is InChI=1S/C24H32FN3O3S/c1-31-16-3-7-22-18(12-16)23(20(25)13-27-22)21(26)6-2-15-8-9-28(14-19(15)24(29)30)10-11-32-17-4-5-17/h3,7,12-13,15,17,19,21H,2,4-6,8-11,14,26H2,1H3,(H,29,30)/t15?,19?,21-/m1/s1. The van der Waals surface area contributed by atoms with Gasteiger partial charge in [-0.3, -0.25) is 9.78 Å². The molecule has 0 spiro atoms. The number of fused-ring (bicyclic) bond motifs is 1. The molecule has 0 bridgehead atoms. The highest BCUT2D eigenvalue weighted by Crippen LogP contribution is 2.36. The average Bonchev–Trinajstić information content (AvgIpc) is 3.61. The lowest BCUT2D eigenvalue weighted by Crippen LogP contribution is -2.44. The second-order valence-corrected chi connectivity index (χ2v) is 10.4. The first-order valence-electron chi connectivity index (χ1n) is 11.4. The highest BCUT2D eigenvalue weighted by molar-refractivity contribution is 8.00. The number of rotatable bonds is 10. The summed E-state index contributed by atoms with van der Waals surface area (Å²) in [5.74, 6) is 0.170. The molecular weight excluding hydrogens is 429 g/mol.